The first kappa shape index (κ1) is 20.2. The van der Waals surface area contributed by atoms with Crippen molar-refractivity contribution in [3.8, 4) is 22.6 Å². The van der Waals surface area contributed by atoms with Crippen LogP contribution < -0.4 is 14.8 Å². The van der Waals surface area contributed by atoms with E-state index in [1.807, 2.05) is 0 Å². The monoisotopic (exact) mass is 385 g/mol. The van der Waals surface area contributed by atoms with Crippen molar-refractivity contribution >= 4 is 12.6 Å². The van der Waals surface area contributed by atoms with Crippen molar-refractivity contribution in [2.75, 3.05) is 7.11 Å². The summed E-state index contributed by atoms with van der Waals surface area (Å²) in [5.41, 5.74) is 3.72. The molecule has 0 amide bonds. The summed E-state index contributed by atoms with van der Waals surface area (Å²) >= 11 is 0. The molecule has 3 rings (SSSR count). The Hall–Kier alpha value is -1.53. The molecule has 2 aromatic carbocycles. The van der Waals surface area contributed by atoms with Crippen molar-refractivity contribution in [3.63, 3.8) is 0 Å². The highest BCUT2D eigenvalue weighted by molar-refractivity contribution is 7.86. The maximum absolute atomic E-state index is 6.56. The van der Waals surface area contributed by atoms with E-state index in [-0.39, 0.29) is 16.2 Å². The van der Waals surface area contributed by atoms with Gasteiger partial charge in [0, 0.05) is 18.1 Å². The predicted molar refractivity (Wildman–Crippen MR) is 119 cm³/mol. The highest BCUT2D eigenvalue weighted by atomic mass is 31.2. The van der Waals surface area contributed by atoms with E-state index in [4.69, 9.17) is 9.47 Å². The molecule has 2 aromatic rings. The second kappa shape index (κ2) is 6.52. The lowest BCUT2D eigenvalue weighted by Gasteiger charge is -2.46. The summed E-state index contributed by atoms with van der Waals surface area (Å²) in [7, 11) is 0.0338. The van der Waals surface area contributed by atoms with Crippen LogP contribution in [0.25, 0.3) is 11.1 Å². The van der Waals surface area contributed by atoms with Crippen LogP contribution in [0.3, 0.4) is 0 Å². The van der Waals surface area contributed by atoms with Crippen LogP contribution in [0.1, 0.15) is 54.0 Å². The Morgan fingerprint density at radius 3 is 2.07 bits per heavy atom. The first-order valence-electron chi connectivity index (χ1n) is 9.80. The third-order valence-corrected chi connectivity index (χ3v) is 12.6. The molecule has 0 bridgehead atoms. The van der Waals surface area contributed by atoms with Gasteiger partial charge in [0.15, 0.2) is 5.75 Å². The van der Waals surface area contributed by atoms with Crippen LogP contribution in [0.5, 0.6) is 11.5 Å². The fraction of sp³-hybridized carbons (Fsp3) is 0.500. The topological polar surface area (TPSA) is 18.5 Å². The summed E-state index contributed by atoms with van der Waals surface area (Å²) in [6.07, 6.45) is 0. The number of fused-ring (bicyclic) bond motifs is 1. The zero-order valence-electron chi connectivity index (χ0n) is 18.3. The van der Waals surface area contributed by atoms with Crippen LogP contribution in [0, 0.1) is 6.92 Å². The number of hydrogen-bond acceptors (Lipinski definition) is 2. The van der Waals surface area contributed by atoms with Crippen LogP contribution in [0.2, 0.25) is 0 Å². The SMILES string of the molecule is COc1cccc(C)c1-c1cccc2c1[P+](C(C)(C)C)(C(C)(C)C)C(C)O2. The molecule has 27 heavy (non-hydrogen) atoms. The molecule has 1 atom stereocenters. The van der Waals surface area contributed by atoms with Crippen molar-refractivity contribution in [2.45, 2.75) is 71.5 Å². The average Bonchev–Trinajstić information content (AvgIpc) is 2.87. The Bertz CT molecular complexity index is 842. The van der Waals surface area contributed by atoms with Gasteiger partial charge in [-0.1, -0.05) is 18.2 Å². The van der Waals surface area contributed by atoms with Gasteiger partial charge in [-0.3, -0.25) is 0 Å². The molecule has 0 N–H and O–H groups in total. The normalized spacial score (nSPS) is 18.8. The molecular weight excluding hydrogens is 351 g/mol. The summed E-state index contributed by atoms with van der Waals surface area (Å²) in [4.78, 5) is 0. The molecule has 0 aromatic heterocycles. The van der Waals surface area contributed by atoms with E-state index in [0.29, 0.717) is 0 Å². The van der Waals surface area contributed by atoms with Gasteiger partial charge >= 0.3 is 0 Å². The molecule has 0 radical (unpaired) electrons. The summed E-state index contributed by atoms with van der Waals surface area (Å²) in [6, 6.07) is 12.8. The summed E-state index contributed by atoms with van der Waals surface area (Å²) in [5.74, 6) is 2.19. The van der Waals surface area contributed by atoms with Crippen LogP contribution in [-0.4, -0.2) is 23.3 Å². The molecule has 0 aliphatic carbocycles. The molecule has 1 unspecified atom stereocenters. The van der Waals surface area contributed by atoms with Crippen molar-refractivity contribution in [1.29, 1.82) is 0 Å². The Morgan fingerprint density at radius 2 is 1.52 bits per heavy atom. The van der Waals surface area contributed by atoms with E-state index >= 15 is 0 Å². The van der Waals surface area contributed by atoms with Gasteiger partial charge in [-0.2, -0.15) is 0 Å². The lowest BCUT2D eigenvalue weighted by atomic mass is 9.99. The van der Waals surface area contributed by atoms with Crippen molar-refractivity contribution < 1.29 is 9.47 Å². The minimum Gasteiger partial charge on any atom is -0.496 e. The van der Waals surface area contributed by atoms with Crippen molar-refractivity contribution in [3.05, 3.63) is 42.0 Å². The van der Waals surface area contributed by atoms with E-state index < -0.39 is 7.26 Å². The molecule has 2 nitrogen and oxygen atoms in total. The molecule has 146 valence electrons. The highest BCUT2D eigenvalue weighted by Gasteiger charge is 2.69. The lowest BCUT2D eigenvalue weighted by molar-refractivity contribution is 0.307. The maximum atomic E-state index is 6.56. The van der Waals surface area contributed by atoms with E-state index in [1.54, 1.807) is 7.11 Å². The average molecular weight is 386 g/mol. The van der Waals surface area contributed by atoms with Gasteiger partial charge in [-0.25, -0.2) is 0 Å². The number of rotatable bonds is 2. The zero-order valence-corrected chi connectivity index (χ0v) is 19.2. The largest absolute Gasteiger partial charge is 0.496 e. The van der Waals surface area contributed by atoms with Gasteiger partial charge in [-0.15, -0.1) is 0 Å². The summed E-state index contributed by atoms with van der Waals surface area (Å²) in [6.45, 7) is 18.8. The number of aryl methyl sites for hydroxylation is 1. The number of hydrogen-bond donors (Lipinski definition) is 0. The fourth-order valence-corrected chi connectivity index (χ4v) is 12.8. The van der Waals surface area contributed by atoms with Crippen LogP contribution in [0.4, 0.5) is 0 Å². The fourth-order valence-electron chi connectivity index (χ4n) is 5.55. The quantitative estimate of drug-likeness (QED) is 0.539. The lowest BCUT2D eigenvalue weighted by Crippen LogP contribution is -2.43. The standard InChI is InChI=1S/C24H34O2P/c1-16-12-10-14-19(25-9)21(16)18-13-11-15-20-22(18)27(17(2)26-20,23(3,4)5)24(6,7)8/h10-15,17H,1-9H3/q+1. The van der Waals surface area contributed by atoms with Crippen LogP contribution in [-0.2, 0) is 0 Å². The van der Waals surface area contributed by atoms with E-state index in [9.17, 15) is 0 Å². The molecule has 0 saturated heterocycles. The second-order valence-corrected chi connectivity index (χ2v) is 14.9. The Morgan fingerprint density at radius 1 is 0.926 bits per heavy atom. The van der Waals surface area contributed by atoms with Crippen molar-refractivity contribution in [1.82, 2.24) is 0 Å². The molecule has 0 saturated carbocycles. The number of methoxy groups -OCH3 is 1. The van der Waals surface area contributed by atoms with Gasteiger partial charge in [0.1, 0.15) is 18.3 Å². The Labute approximate surface area is 165 Å². The van der Waals surface area contributed by atoms with Crippen LogP contribution in [0.15, 0.2) is 36.4 Å². The Kier molecular flexibility index (Phi) is 4.88. The minimum atomic E-state index is -1.73. The van der Waals surface area contributed by atoms with E-state index in [0.717, 1.165) is 11.5 Å². The minimum absolute atomic E-state index is 0.127. The third kappa shape index (κ3) is 2.80. The molecule has 1 aliphatic heterocycles. The van der Waals surface area contributed by atoms with Gasteiger partial charge in [-0.05, 0) is 72.2 Å². The molecular formula is C24H34O2P+. The predicted octanol–water partition coefficient (Wildman–Crippen LogP) is 6.65. The number of benzene rings is 2. The van der Waals surface area contributed by atoms with Gasteiger partial charge < -0.3 is 9.47 Å². The third-order valence-electron chi connectivity index (χ3n) is 6.03. The summed E-state index contributed by atoms with van der Waals surface area (Å²) < 4.78 is 12.3. The summed E-state index contributed by atoms with van der Waals surface area (Å²) in [5, 5.41) is 1.69. The second-order valence-electron chi connectivity index (χ2n) is 9.59. The highest BCUT2D eigenvalue weighted by Crippen LogP contribution is 2.82. The molecule has 0 fully saturated rings. The van der Waals surface area contributed by atoms with Crippen LogP contribution >= 0.6 is 7.26 Å². The van der Waals surface area contributed by atoms with E-state index in [2.05, 4.69) is 91.8 Å². The van der Waals surface area contributed by atoms with Gasteiger partial charge in [0.2, 0.25) is 5.85 Å². The number of ether oxygens (including phenoxy) is 2. The van der Waals surface area contributed by atoms with Gasteiger partial charge in [0.05, 0.1) is 17.4 Å². The molecule has 3 heteroatoms. The first-order valence-corrected chi connectivity index (χ1v) is 11.7. The Balaban J connectivity index is 2.46. The zero-order chi connectivity index (χ0) is 20.2. The smallest absolute Gasteiger partial charge is 0.209 e. The van der Waals surface area contributed by atoms with E-state index in [1.165, 1.54) is 22.0 Å². The molecule has 0 spiro atoms. The van der Waals surface area contributed by atoms with Gasteiger partial charge in [0.25, 0.3) is 0 Å². The van der Waals surface area contributed by atoms with Crippen molar-refractivity contribution in [2.24, 2.45) is 0 Å². The molecule has 1 heterocycles. The maximum Gasteiger partial charge on any atom is 0.209 e. The molecule has 1 aliphatic rings. The first-order chi connectivity index (χ1) is 12.5.